The smallest absolute Gasteiger partial charge is 0.0682 e. The third-order valence-corrected chi connectivity index (χ3v) is 9.20. The topological polar surface area (TPSA) is 3.24 Å². The van der Waals surface area contributed by atoms with Gasteiger partial charge in [0.15, 0.2) is 0 Å². The Morgan fingerprint density at radius 3 is 1.79 bits per heavy atom. The molecule has 0 saturated carbocycles. The molecule has 0 saturated heterocycles. The zero-order chi connectivity index (χ0) is 10.3. The lowest BCUT2D eigenvalue weighted by atomic mass is 10.7. The van der Waals surface area contributed by atoms with Crippen molar-refractivity contribution in [3.05, 3.63) is 0 Å². The maximum Gasteiger partial charge on any atom is 0.0682 e. The van der Waals surface area contributed by atoms with Gasteiger partial charge in [0.25, 0.3) is 0 Å². The van der Waals surface area contributed by atoms with Crippen LogP contribution in [0.15, 0.2) is 0 Å². The van der Waals surface area contributed by atoms with Crippen LogP contribution in [0.2, 0.25) is 18.1 Å². The van der Waals surface area contributed by atoms with Crippen molar-refractivity contribution in [2.24, 2.45) is 0 Å². The summed E-state index contributed by atoms with van der Waals surface area (Å²) in [6.45, 7) is 8.10. The summed E-state index contributed by atoms with van der Waals surface area (Å²) >= 11 is 5.73. The van der Waals surface area contributed by atoms with Gasteiger partial charge in [-0.3, -0.25) is 0 Å². The number of nitrogens with zero attached hydrogens (tertiary/aromatic N) is 1. The fourth-order valence-electron chi connectivity index (χ4n) is 1.88. The van der Waals surface area contributed by atoms with Crippen LogP contribution < -0.4 is 0 Å². The number of alkyl halides is 1. The summed E-state index contributed by atoms with van der Waals surface area (Å²) in [4.78, 5) is 2.41. The van der Waals surface area contributed by atoms with Crippen molar-refractivity contribution >= 4 is 32.1 Å². The molecule has 0 unspecified atom stereocenters. The fraction of sp³-hybridized carbons (Fsp3) is 1.00. The average Bonchev–Trinajstić information content (AvgIpc) is 2.15. The number of hydrogen-bond donors (Lipinski definition) is 0. The van der Waals surface area contributed by atoms with Gasteiger partial charge in [0, 0.05) is 12.4 Å². The van der Waals surface area contributed by atoms with Crippen LogP contribution in [0, 0.1) is 0 Å². The molecule has 0 aliphatic carbocycles. The van der Waals surface area contributed by atoms with E-state index in [1.165, 1.54) is 24.3 Å². The molecule has 0 bridgehead atoms. The highest BCUT2D eigenvalue weighted by atomic mass is 35.5. The van der Waals surface area contributed by atoms with E-state index in [0.717, 1.165) is 12.4 Å². The molecule has 0 N–H and O–H groups in total. The van der Waals surface area contributed by atoms with Gasteiger partial charge in [0.1, 0.15) is 0 Å². The summed E-state index contributed by atoms with van der Waals surface area (Å²) in [6, 6.07) is 4.23. The molecule has 0 atom stereocenters. The van der Waals surface area contributed by atoms with Crippen LogP contribution in [0.3, 0.4) is 0 Å². The summed E-state index contributed by atoms with van der Waals surface area (Å²) < 4.78 is 0. The van der Waals surface area contributed by atoms with Crippen molar-refractivity contribution in [2.75, 3.05) is 25.6 Å². The minimum atomic E-state index is -0.950. The Hall–Kier alpha value is 0.757. The second-order valence-electron chi connectivity index (χ2n) is 3.99. The highest BCUT2D eigenvalue weighted by Gasteiger charge is 2.27. The van der Waals surface area contributed by atoms with E-state index in [0.29, 0.717) is 0 Å². The van der Waals surface area contributed by atoms with Gasteiger partial charge in [-0.1, -0.05) is 38.9 Å². The first-order valence-electron chi connectivity index (χ1n) is 5.38. The standard InChI is InChI=1S/C10H24ClNSi.ClH/c1-5-13(6-2,7-3)10-12(4)9-8-11;/h5-10H2,1-4H3;1H. The Balaban J connectivity index is 0. The monoisotopic (exact) mass is 257 g/mol. The van der Waals surface area contributed by atoms with Gasteiger partial charge in [-0.05, 0) is 13.2 Å². The summed E-state index contributed by atoms with van der Waals surface area (Å²) in [7, 11) is 1.25. The molecule has 88 valence electrons. The van der Waals surface area contributed by atoms with Crippen molar-refractivity contribution in [2.45, 2.75) is 38.9 Å². The summed E-state index contributed by atoms with van der Waals surface area (Å²) in [5, 5.41) is 0. The molecule has 1 nitrogen and oxygen atoms in total. The maximum absolute atomic E-state index is 5.73. The highest BCUT2D eigenvalue weighted by Crippen LogP contribution is 2.20. The van der Waals surface area contributed by atoms with Crippen LogP contribution in [0.5, 0.6) is 0 Å². The maximum atomic E-state index is 5.73. The van der Waals surface area contributed by atoms with E-state index in [-0.39, 0.29) is 12.4 Å². The van der Waals surface area contributed by atoms with Gasteiger partial charge in [0.05, 0.1) is 8.07 Å². The van der Waals surface area contributed by atoms with E-state index >= 15 is 0 Å². The van der Waals surface area contributed by atoms with Crippen LogP contribution in [0.25, 0.3) is 0 Å². The molecule has 0 radical (unpaired) electrons. The molecule has 0 heterocycles. The first-order valence-corrected chi connectivity index (χ1v) is 8.75. The molecule has 14 heavy (non-hydrogen) atoms. The zero-order valence-corrected chi connectivity index (χ0v) is 12.5. The minimum Gasteiger partial charge on any atom is -0.308 e. The van der Waals surface area contributed by atoms with E-state index in [4.69, 9.17) is 11.6 Å². The van der Waals surface area contributed by atoms with Gasteiger partial charge >= 0.3 is 0 Å². The molecule has 0 amide bonds. The highest BCUT2D eigenvalue weighted by molar-refractivity contribution is 6.79. The first-order chi connectivity index (χ1) is 6.14. The molecule has 0 spiro atoms. The van der Waals surface area contributed by atoms with E-state index in [2.05, 4.69) is 32.7 Å². The van der Waals surface area contributed by atoms with Gasteiger partial charge in [-0.25, -0.2) is 0 Å². The Kier molecular flexibility index (Phi) is 11.1. The van der Waals surface area contributed by atoms with Crippen LogP contribution in [0.4, 0.5) is 0 Å². The van der Waals surface area contributed by atoms with Crippen molar-refractivity contribution in [1.29, 1.82) is 0 Å². The molecule has 0 rings (SSSR count). The first kappa shape index (κ1) is 17.2. The molecular formula is C10H25Cl2NSi. The van der Waals surface area contributed by atoms with Crippen LogP contribution in [0.1, 0.15) is 20.8 Å². The Bertz CT molecular complexity index is 121. The number of halogens is 2. The molecule has 0 aliphatic rings. The van der Waals surface area contributed by atoms with Crippen LogP contribution >= 0.6 is 24.0 Å². The lowest BCUT2D eigenvalue weighted by Gasteiger charge is -2.32. The molecular weight excluding hydrogens is 233 g/mol. The molecule has 0 aromatic carbocycles. The lowest BCUT2D eigenvalue weighted by Crippen LogP contribution is -2.45. The Morgan fingerprint density at radius 1 is 1.07 bits per heavy atom. The number of hydrogen-bond acceptors (Lipinski definition) is 1. The van der Waals surface area contributed by atoms with E-state index in [1.54, 1.807) is 0 Å². The summed E-state index contributed by atoms with van der Waals surface area (Å²) in [6.07, 6.45) is 1.32. The Labute approximate surface area is 102 Å². The quantitative estimate of drug-likeness (QED) is 0.498. The molecule has 0 fully saturated rings. The molecule has 0 aromatic heterocycles. The fourth-order valence-corrected chi connectivity index (χ4v) is 5.64. The van der Waals surface area contributed by atoms with Gasteiger partial charge in [0.2, 0.25) is 0 Å². The third kappa shape index (κ3) is 5.59. The van der Waals surface area contributed by atoms with Gasteiger partial charge < -0.3 is 4.90 Å². The van der Waals surface area contributed by atoms with E-state index in [9.17, 15) is 0 Å². The van der Waals surface area contributed by atoms with Gasteiger partial charge in [-0.2, -0.15) is 0 Å². The average molecular weight is 258 g/mol. The SMILES string of the molecule is CC[Si](CC)(CC)CN(C)CCCl.Cl. The second kappa shape index (κ2) is 9.02. The third-order valence-electron chi connectivity index (χ3n) is 3.32. The lowest BCUT2D eigenvalue weighted by molar-refractivity contribution is 0.404. The normalized spacial score (nSPS) is 11.6. The molecule has 4 heteroatoms. The minimum absolute atomic E-state index is 0. The van der Waals surface area contributed by atoms with Crippen LogP contribution in [-0.2, 0) is 0 Å². The van der Waals surface area contributed by atoms with Crippen LogP contribution in [-0.4, -0.2) is 38.6 Å². The summed E-state index contributed by atoms with van der Waals surface area (Å²) in [5.41, 5.74) is 0. The van der Waals surface area contributed by atoms with E-state index in [1.807, 2.05) is 0 Å². The van der Waals surface area contributed by atoms with Crippen molar-refractivity contribution in [1.82, 2.24) is 4.90 Å². The van der Waals surface area contributed by atoms with Crippen molar-refractivity contribution in [3.8, 4) is 0 Å². The van der Waals surface area contributed by atoms with E-state index < -0.39 is 8.07 Å². The summed E-state index contributed by atoms with van der Waals surface area (Å²) in [5.74, 6) is 0.762. The van der Waals surface area contributed by atoms with Crippen molar-refractivity contribution in [3.63, 3.8) is 0 Å². The predicted molar refractivity (Wildman–Crippen MR) is 72.7 cm³/mol. The zero-order valence-electron chi connectivity index (χ0n) is 9.98. The second-order valence-corrected chi connectivity index (χ2v) is 9.80. The molecule has 0 aliphatic heterocycles. The van der Waals surface area contributed by atoms with Gasteiger partial charge in [-0.15, -0.1) is 24.0 Å². The molecule has 0 aromatic rings. The largest absolute Gasteiger partial charge is 0.308 e. The predicted octanol–water partition coefficient (Wildman–Crippen LogP) is 3.63. The van der Waals surface area contributed by atoms with Crippen molar-refractivity contribution < 1.29 is 0 Å². The number of rotatable bonds is 7. The Morgan fingerprint density at radius 2 is 1.50 bits per heavy atom.